The van der Waals surface area contributed by atoms with Crippen LogP contribution in [0.15, 0.2) is 30.3 Å². The number of rotatable bonds is 3. The number of aromatic nitrogens is 2. The van der Waals surface area contributed by atoms with Crippen LogP contribution >= 0.6 is 0 Å². The van der Waals surface area contributed by atoms with Crippen molar-refractivity contribution in [2.75, 3.05) is 13.1 Å². The molecule has 1 aliphatic carbocycles. The molecule has 4 heteroatoms. The van der Waals surface area contributed by atoms with E-state index in [-0.39, 0.29) is 0 Å². The highest BCUT2D eigenvalue weighted by Gasteiger charge is 2.49. The van der Waals surface area contributed by atoms with E-state index in [0.717, 1.165) is 49.6 Å². The van der Waals surface area contributed by atoms with Crippen molar-refractivity contribution in [1.82, 2.24) is 14.5 Å². The summed E-state index contributed by atoms with van der Waals surface area (Å²) in [5.41, 5.74) is 2.78. The van der Waals surface area contributed by atoms with Gasteiger partial charge in [0.2, 0.25) is 0 Å². The Kier molecular flexibility index (Phi) is 4.20. The molecule has 2 heterocycles. The lowest BCUT2D eigenvalue weighted by Crippen LogP contribution is -2.42. The molecule has 4 rings (SSSR count). The smallest absolute Gasteiger partial charge is 0.123 e. The van der Waals surface area contributed by atoms with Gasteiger partial charge >= 0.3 is 0 Å². The number of fused-ring (bicyclic) bond motifs is 1. The quantitative estimate of drug-likeness (QED) is 0.934. The van der Waals surface area contributed by atoms with E-state index in [4.69, 9.17) is 4.98 Å². The molecule has 2 fully saturated rings. The average Bonchev–Trinajstić information content (AvgIpc) is 3.14. The zero-order valence-corrected chi connectivity index (χ0v) is 15.6. The number of aryl methyl sites for hydroxylation is 1. The second-order valence-corrected chi connectivity index (χ2v) is 8.00. The van der Waals surface area contributed by atoms with Gasteiger partial charge in [-0.3, -0.25) is 4.90 Å². The van der Waals surface area contributed by atoms with Gasteiger partial charge in [0.05, 0.1) is 17.8 Å². The lowest BCUT2D eigenvalue weighted by atomic mass is 9.67. The first kappa shape index (κ1) is 16.8. The van der Waals surface area contributed by atoms with Crippen molar-refractivity contribution in [2.45, 2.75) is 45.3 Å². The molecule has 0 spiro atoms. The van der Waals surface area contributed by atoms with Crippen molar-refractivity contribution >= 4 is 0 Å². The van der Waals surface area contributed by atoms with Gasteiger partial charge in [0.25, 0.3) is 0 Å². The molecule has 2 aromatic rings. The Bertz CT molecular complexity index is 754. The van der Waals surface area contributed by atoms with E-state index >= 15 is 0 Å². The fourth-order valence-corrected chi connectivity index (χ4v) is 4.95. The zero-order chi connectivity index (χ0) is 17.6. The summed E-state index contributed by atoms with van der Waals surface area (Å²) < 4.78 is 2.21. The van der Waals surface area contributed by atoms with Crippen LogP contribution < -0.4 is 0 Å². The summed E-state index contributed by atoms with van der Waals surface area (Å²) in [5, 5.41) is 11.6. The molecule has 134 valence electrons. The molecular formula is C21H29N3O. The number of hydrogen-bond donors (Lipinski definition) is 1. The van der Waals surface area contributed by atoms with E-state index in [1.807, 2.05) is 18.2 Å². The molecule has 0 bridgehead atoms. The molecule has 25 heavy (non-hydrogen) atoms. The molecule has 0 radical (unpaired) electrons. The molecule has 1 N–H and O–H groups in total. The molecule has 0 amide bonds. The van der Waals surface area contributed by atoms with Gasteiger partial charge in [-0.25, -0.2) is 4.98 Å². The van der Waals surface area contributed by atoms with Crippen molar-refractivity contribution in [3.05, 3.63) is 53.1 Å². The third kappa shape index (κ3) is 2.81. The Morgan fingerprint density at radius 1 is 1.20 bits per heavy atom. The molecule has 2 aliphatic rings. The van der Waals surface area contributed by atoms with Crippen LogP contribution in [-0.2, 0) is 19.2 Å². The summed E-state index contributed by atoms with van der Waals surface area (Å²) in [6, 6.07) is 10.3. The number of benzene rings is 1. The fourth-order valence-electron chi connectivity index (χ4n) is 4.95. The van der Waals surface area contributed by atoms with Crippen molar-refractivity contribution < 1.29 is 5.11 Å². The number of hydrogen-bond acceptors (Lipinski definition) is 3. The first-order chi connectivity index (χ1) is 12.0. The second-order valence-electron chi connectivity index (χ2n) is 8.00. The van der Waals surface area contributed by atoms with E-state index in [2.05, 4.69) is 42.5 Å². The summed E-state index contributed by atoms with van der Waals surface area (Å²) in [7, 11) is 2.11. The SMILES string of the molecule is Cc1nc(CN2C[C@H]3CCC[C@](O)(c4ccccc4)[C@H]3C2)n(C)c1C. The maximum absolute atomic E-state index is 11.6. The van der Waals surface area contributed by atoms with Crippen molar-refractivity contribution in [3.8, 4) is 0 Å². The highest BCUT2D eigenvalue weighted by Crippen LogP contribution is 2.48. The van der Waals surface area contributed by atoms with E-state index in [1.165, 1.54) is 12.1 Å². The van der Waals surface area contributed by atoms with E-state index < -0.39 is 5.60 Å². The largest absolute Gasteiger partial charge is 0.385 e. The lowest BCUT2D eigenvalue weighted by Gasteiger charge is -2.41. The summed E-state index contributed by atoms with van der Waals surface area (Å²) >= 11 is 0. The van der Waals surface area contributed by atoms with Gasteiger partial charge in [-0.15, -0.1) is 0 Å². The first-order valence-electron chi connectivity index (χ1n) is 9.48. The van der Waals surface area contributed by atoms with E-state index in [9.17, 15) is 5.11 Å². The second kappa shape index (κ2) is 6.26. The Morgan fingerprint density at radius 2 is 1.96 bits per heavy atom. The van der Waals surface area contributed by atoms with Gasteiger partial charge in [0, 0.05) is 31.7 Å². The standard InChI is InChI=1S/C21H29N3O/c1-15-16(2)23(3)20(22-15)14-24-12-17-8-7-11-21(25,19(17)13-24)18-9-5-4-6-10-18/h4-6,9-10,17,19,25H,7-8,11-14H2,1-3H3/t17-,19+,21+/m1/s1. The zero-order valence-electron chi connectivity index (χ0n) is 15.6. The predicted octanol–water partition coefficient (Wildman–Crippen LogP) is 3.16. The van der Waals surface area contributed by atoms with Crippen molar-refractivity contribution in [2.24, 2.45) is 18.9 Å². The topological polar surface area (TPSA) is 41.3 Å². The van der Waals surface area contributed by atoms with Crippen LogP contribution in [-0.4, -0.2) is 32.6 Å². The predicted molar refractivity (Wildman–Crippen MR) is 99.1 cm³/mol. The third-order valence-electron chi connectivity index (χ3n) is 6.61. The lowest BCUT2D eigenvalue weighted by molar-refractivity contribution is -0.0648. The molecule has 0 unspecified atom stereocenters. The minimum Gasteiger partial charge on any atom is -0.385 e. The van der Waals surface area contributed by atoms with Crippen molar-refractivity contribution in [1.29, 1.82) is 0 Å². The molecule has 3 atom stereocenters. The summed E-state index contributed by atoms with van der Waals surface area (Å²) in [5.74, 6) is 2.05. The van der Waals surface area contributed by atoms with E-state index in [0.29, 0.717) is 11.8 Å². The van der Waals surface area contributed by atoms with Gasteiger partial charge in [-0.2, -0.15) is 0 Å². The number of imidazole rings is 1. The van der Waals surface area contributed by atoms with Crippen LogP contribution in [0.1, 0.15) is 42.0 Å². The van der Waals surface area contributed by atoms with Crippen LogP contribution in [0.2, 0.25) is 0 Å². The molecule has 1 aromatic carbocycles. The minimum absolute atomic E-state index is 0.325. The number of nitrogens with zero attached hydrogens (tertiary/aromatic N) is 3. The molecule has 1 aromatic heterocycles. The van der Waals surface area contributed by atoms with Gasteiger partial charge in [-0.1, -0.05) is 30.3 Å². The monoisotopic (exact) mass is 339 g/mol. The van der Waals surface area contributed by atoms with Gasteiger partial charge < -0.3 is 9.67 Å². The highest BCUT2D eigenvalue weighted by atomic mass is 16.3. The number of likely N-dealkylation sites (tertiary alicyclic amines) is 1. The Balaban J connectivity index is 1.56. The molecule has 1 saturated carbocycles. The Morgan fingerprint density at radius 3 is 2.64 bits per heavy atom. The summed E-state index contributed by atoms with van der Waals surface area (Å²) in [4.78, 5) is 7.24. The summed E-state index contributed by atoms with van der Waals surface area (Å²) in [6.07, 6.45) is 3.22. The Hall–Kier alpha value is -1.65. The van der Waals surface area contributed by atoms with Crippen LogP contribution in [0.25, 0.3) is 0 Å². The molecular weight excluding hydrogens is 310 g/mol. The maximum atomic E-state index is 11.6. The molecule has 1 saturated heterocycles. The van der Waals surface area contributed by atoms with Crippen LogP contribution in [0.4, 0.5) is 0 Å². The highest BCUT2D eigenvalue weighted by molar-refractivity contribution is 5.25. The van der Waals surface area contributed by atoms with E-state index in [1.54, 1.807) is 0 Å². The Labute approximate surface area is 150 Å². The van der Waals surface area contributed by atoms with Crippen LogP contribution in [0.3, 0.4) is 0 Å². The van der Waals surface area contributed by atoms with Gasteiger partial charge in [-0.05, 0) is 44.6 Å². The van der Waals surface area contributed by atoms with Crippen LogP contribution in [0, 0.1) is 25.7 Å². The molecule has 1 aliphatic heterocycles. The molecule has 4 nitrogen and oxygen atoms in total. The first-order valence-corrected chi connectivity index (χ1v) is 9.48. The fraction of sp³-hybridized carbons (Fsp3) is 0.571. The third-order valence-corrected chi connectivity index (χ3v) is 6.61. The number of aliphatic hydroxyl groups is 1. The van der Waals surface area contributed by atoms with Gasteiger partial charge in [0.15, 0.2) is 0 Å². The normalized spacial score (nSPS) is 29.8. The minimum atomic E-state index is -0.674. The summed E-state index contributed by atoms with van der Waals surface area (Å²) in [6.45, 7) is 7.12. The van der Waals surface area contributed by atoms with Crippen molar-refractivity contribution in [3.63, 3.8) is 0 Å². The van der Waals surface area contributed by atoms with Crippen LogP contribution in [0.5, 0.6) is 0 Å². The average molecular weight is 339 g/mol. The van der Waals surface area contributed by atoms with Gasteiger partial charge in [0.1, 0.15) is 5.82 Å². The maximum Gasteiger partial charge on any atom is 0.123 e.